The average Bonchev–Trinajstić information content (AvgIpc) is 1.60. The molecule has 1 fully saturated rings. The lowest BCUT2D eigenvalue weighted by atomic mass is 9.90. The Labute approximate surface area is 54.5 Å². The van der Waals surface area contributed by atoms with E-state index in [-0.39, 0.29) is 0 Å². The number of rotatable bonds is 0. The molecule has 1 aliphatic rings. The van der Waals surface area contributed by atoms with Gasteiger partial charge in [0.25, 0.3) is 0 Å². The van der Waals surface area contributed by atoms with Crippen molar-refractivity contribution in [2.24, 2.45) is 5.73 Å². The van der Waals surface area contributed by atoms with Crippen LogP contribution in [0.25, 0.3) is 0 Å². The Morgan fingerprint density at radius 1 is 1.56 bits per heavy atom. The molecule has 3 heteroatoms. The third-order valence-electron chi connectivity index (χ3n) is 1.74. The molecule has 0 aromatic rings. The summed E-state index contributed by atoms with van der Waals surface area (Å²) in [5, 5.41) is 18.2. The molecule has 4 N–H and O–H groups in total. The van der Waals surface area contributed by atoms with Crippen LogP contribution in [0.3, 0.4) is 0 Å². The van der Waals surface area contributed by atoms with Crippen LogP contribution in [0.1, 0.15) is 25.7 Å². The van der Waals surface area contributed by atoms with Crippen molar-refractivity contribution in [2.75, 3.05) is 0 Å². The molecule has 1 saturated carbocycles. The van der Waals surface area contributed by atoms with Crippen molar-refractivity contribution in [3.8, 4) is 0 Å². The fraction of sp³-hybridized carbons (Fsp3) is 1.00. The first-order chi connectivity index (χ1) is 4.10. The lowest BCUT2D eigenvalue weighted by Gasteiger charge is -2.30. The van der Waals surface area contributed by atoms with Gasteiger partial charge < -0.3 is 15.9 Å². The van der Waals surface area contributed by atoms with Gasteiger partial charge >= 0.3 is 0 Å². The Kier molecular flexibility index (Phi) is 1.75. The molecule has 3 nitrogen and oxygen atoms in total. The third kappa shape index (κ3) is 1.93. The first-order valence-corrected chi connectivity index (χ1v) is 3.29. The van der Waals surface area contributed by atoms with Crippen LogP contribution in [-0.2, 0) is 0 Å². The van der Waals surface area contributed by atoms with E-state index in [0.29, 0.717) is 12.8 Å². The number of aliphatic hydroxyl groups is 2. The standard InChI is InChI=1S/C6H13NO2/c7-6(9)3-1-2-5(8)4-6/h5,8-9H,1-4,7H2/t5-,6+/m1/s1. The van der Waals surface area contributed by atoms with Crippen molar-refractivity contribution in [3.63, 3.8) is 0 Å². The summed E-state index contributed by atoms with van der Waals surface area (Å²) in [5.41, 5.74) is 4.26. The van der Waals surface area contributed by atoms with Crippen LogP contribution in [0.2, 0.25) is 0 Å². The van der Waals surface area contributed by atoms with Crippen molar-refractivity contribution in [2.45, 2.75) is 37.5 Å². The molecule has 1 rings (SSSR count). The minimum absolute atomic E-state index is 0.326. The number of nitrogens with two attached hydrogens (primary N) is 1. The number of hydrogen-bond acceptors (Lipinski definition) is 3. The summed E-state index contributed by atoms with van der Waals surface area (Å²) in [6.07, 6.45) is 2.15. The van der Waals surface area contributed by atoms with Gasteiger partial charge in [-0.05, 0) is 19.3 Å². The van der Waals surface area contributed by atoms with Crippen molar-refractivity contribution in [1.29, 1.82) is 0 Å². The fourth-order valence-corrected chi connectivity index (χ4v) is 1.26. The highest BCUT2D eigenvalue weighted by atomic mass is 16.3. The topological polar surface area (TPSA) is 66.5 Å². The zero-order chi connectivity index (χ0) is 6.91. The molecule has 0 aromatic carbocycles. The zero-order valence-corrected chi connectivity index (χ0v) is 5.38. The lowest BCUT2D eigenvalue weighted by molar-refractivity contribution is -0.0403. The summed E-state index contributed by atoms with van der Waals surface area (Å²) in [6.45, 7) is 0. The van der Waals surface area contributed by atoms with Gasteiger partial charge in [-0.15, -0.1) is 0 Å². The highest BCUT2D eigenvalue weighted by molar-refractivity contribution is 4.80. The van der Waals surface area contributed by atoms with E-state index in [2.05, 4.69) is 0 Å². The largest absolute Gasteiger partial charge is 0.393 e. The molecule has 2 atom stereocenters. The van der Waals surface area contributed by atoms with Crippen LogP contribution >= 0.6 is 0 Å². The molecule has 0 saturated heterocycles. The Balaban J connectivity index is 2.41. The third-order valence-corrected chi connectivity index (χ3v) is 1.74. The summed E-state index contributed by atoms with van der Waals surface area (Å²) in [4.78, 5) is 0. The summed E-state index contributed by atoms with van der Waals surface area (Å²) >= 11 is 0. The Hall–Kier alpha value is -0.120. The molecular formula is C6H13NO2. The highest BCUT2D eigenvalue weighted by Gasteiger charge is 2.28. The van der Waals surface area contributed by atoms with Gasteiger partial charge in [0, 0.05) is 6.42 Å². The van der Waals surface area contributed by atoms with Crippen LogP contribution in [-0.4, -0.2) is 22.0 Å². The van der Waals surface area contributed by atoms with E-state index < -0.39 is 11.8 Å². The molecule has 0 aliphatic heterocycles. The number of hydrogen-bond donors (Lipinski definition) is 3. The Morgan fingerprint density at radius 2 is 2.22 bits per heavy atom. The average molecular weight is 131 g/mol. The zero-order valence-electron chi connectivity index (χ0n) is 5.38. The van der Waals surface area contributed by atoms with E-state index in [1.807, 2.05) is 0 Å². The van der Waals surface area contributed by atoms with Crippen molar-refractivity contribution < 1.29 is 10.2 Å². The highest BCUT2D eigenvalue weighted by Crippen LogP contribution is 2.23. The van der Waals surface area contributed by atoms with Gasteiger partial charge in [0.1, 0.15) is 5.72 Å². The van der Waals surface area contributed by atoms with Crippen LogP contribution in [0.15, 0.2) is 0 Å². The van der Waals surface area contributed by atoms with Crippen molar-refractivity contribution >= 4 is 0 Å². The fourth-order valence-electron chi connectivity index (χ4n) is 1.26. The first kappa shape index (κ1) is 6.99. The molecule has 1 aliphatic carbocycles. The van der Waals surface area contributed by atoms with Gasteiger partial charge in [0.05, 0.1) is 6.10 Å². The normalized spacial score (nSPS) is 45.0. The molecular weight excluding hydrogens is 118 g/mol. The predicted molar refractivity (Wildman–Crippen MR) is 33.6 cm³/mol. The maximum absolute atomic E-state index is 9.16. The monoisotopic (exact) mass is 131 g/mol. The predicted octanol–water partition coefficient (Wildman–Crippen LogP) is -0.431. The van der Waals surface area contributed by atoms with E-state index in [1.54, 1.807) is 0 Å². The van der Waals surface area contributed by atoms with Gasteiger partial charge in [-0.25, -0.2) is 0 Å². The van der Waals surface area contributed by atoms with E-state index in [4.69, 9.17) is 15.9 Å². The van der Waals surface area contributed by atoms with Crippen LogP contribution in [0.5, 0.6) is 0 Å². The lowest BCUT2D eigenvalue weighted by Crippen LogP contribution is -2.45. The van der Waals surface area contributed by atoms with Crippen molar-refractivity contribution in [1.82, 2.24) is 0 Å². The molecule has 0 amide bonds. The molecule has 9 heavy (non-hydrogen) atoms. The van der Waals surface area contributed by atoms with E-state index in [1.165, 1.54) is 0 Å². The van der Waals surface area contributed by atoms with E-state index in [0.717, 1.165) is 12.8 Å². The Bertz CT molecular complexity index is 103. The summed E-state index contributed by atoms with van der Waals surface area (Å²) < 4.78 is 0. The minimum Gasteiger partial charge on any atom is -0.393 e. The van der Waals surface area contributed by atoms with Gasteiger partial charge in [-0.3, -0.25) is 0 Å². The van der Waals surface area contributed by atoms with Crippen LogP contribution in [0.4, 0.5) is 0 Å². The molecule has 0 heterocycles. The molecule has 54 valence electrons. The molecule has 0 spiro atoms. The molecule has 0 bridgehead atoms. The Morgan fingerprint density at radius 3 is 2.56 bits per heavy atom. The van der Waals surface area contributed by atoms with Crippen molar-refractivity contribution in [3.05, 3.63) is 0 Å². The van der Waals surface area contributed by atoms with Crippen LogP contribution < -0.4 is 5.73 Å². The maximum Gasteiger partial charge on any atom is 0.116 e. The second-order valence-electron chi connectivity index (χ2n) is 2.85. The molecule has 0 aromatic heterocycles. The van der Waals surface area contributed by atoms with Gasteiger partial charge in [-0.2, -0.15) is 0 Å². The molecule has 0 unspecified atom stereocenters. The SMILES string of the molecule is N[C@]1(O)CCC[C@@H](O)C1. The minimum atomic E-state index is -1.10. The maximum atomic E-state index is 9.16. The van der Waals surface area contributed by atoms with Gasteiger partial charge in [-0.1, -0.05) is 0 Å². The second kappa shape index (κ2) is 2.25. The van der Waals surface area contributed by atoms with E-state index >= 15 is 0 Å². The quantitative estimate of drug-likeness (QED) is 0.391. The second-order valence-corrected chi connectivity index (χ2v) is 2.85. The summed E-state index contributed by atoms with van der Waals surface area (Å²) in [5.74, 6) is 0. The van der Waals surface area contributed by atoms with Gasteiger partial charge in [0.15, 0.2) is 0 Å². The number of aliphatic hydroxyl groups excluding tert-OH is 1. The summed E-state index contributed by atoms with van der Waals surface area (Å²) in [7, 11) is 0. The molecule has 0 radical (unpaired) electrons. The van der Waals surface area contributed by atoms with E-state index in [9.17, 15) is 0 Å². The first-order valence-electron chi connectivity index (χ1n) is 3.29. The summed E-state index contributed by atoms with van der Waals surface area (Å²) in [6, 6.07) is 0. The van der Waals surface area contributed by atoms with Crippen LogP contribution in [0, 0.1) is 0 Å². The van der Waals surface area contributed by atoms with Gasteiger partial charge in [0.2, 0.25) is 0 Å². The smallest absolute Gasteiger partial charge is 0.116 e.